The van der Waals surface area contributed by atoms with Crippen LogP contribution < -0.4 is 11.1 Å². The highest BCUT2D eigenvalue weighted by Gasteiger charge is 2.10. The molecule has 1 amide bonds. The summed E-state index contributed by atoms with van der Waals surface area (Å²) in [5.41, 5.74) is 9.32. The Morgan fingerprint density at radius 1 is 1.16 bits per heavy atom. The van der Waals surface area contributed by atoms with E-state index >= 15 is 0 Å². The van der Waals surface area contributed by atoms with Crippen LogP contribution >= 0.6 is 0 Å². The lowest BCUT2D eigenvalue weighted by Gasteiger charge is -2.13. The molecule has 2 aromatic carbocycles. The second kappa shape index (κ2) is 5.67. The molecule has 3 nitrogen and oxygen atoms in total. The molecule has 3 N–H and O–H groups in total. The molecular weight excluding hydrogens is 236 g/mol. The summed E-state index contributed by atoms with van der Waals surface area (Å²) in [5, 5.41) is 2.92. The van der Waals surface area contributed by atoms with Gasteiger partial charge in [0.15, 0.2) is 0 Å². The topological polar surface area (TPSA) is 55.1 Å². The Kier molecular flexibility index (Phi) is 3.97. The first kappa shape index (κ1) is 13.3. The van der Waals surface area contributed by atoms with Crippen molar-refractivity contribution in [3.05, 3.63) is 65.2 Å². The average molecular weight is 254 g/mol. The van der Waals surface area contributed by atoms with E-state index in [-0.39, 0.29) is 11.9 Å². The molecule has 2 aromatic rings. The van der Waals surface area contributed by atoms with Crippen molar-refractivity contribution in [2.75, 3.05) is 5.32 Å². The lowest BCUT2D eigenvalue weighted by molar-refractivity contribution is 0.102. The molecule has 98 valence electrons. The highest BCUT2D eigenvalue weighted by Crippen LogP contribution is 2.21. The third-order valence-electron chi connectivity index (χ3n) is 2.98. The molecule has 0 heterocycles. The van der Waals surface area contributed by atoms with Crippen LogP contribution in [0, 0.1) is 6.92 Å². The highest BCUT2D eigenvalue weighted by atomic mass is 16.1. The van der Waals surface area contributed by atoms with Gasteiger partial charge in [0.2, 0.25) is 0 Å². The summed E-state index contributed by atoms with van der Waals surface area (Å²) in [7, 11) is 0. The fourth-order valence-electron chi connectivity index (χ4n) is 1.99. The molecule has 0 aliphatic heterocycles. The van der Waals surface area contributed by atoms with Gasteiger partial charge in [0.05, 0.1) is 0 Å². The van der Waals surface area contributed by atoms with E-state index < -0.39 is 0 Å². The van der Waals surface area contributed by atoms with Crippen LogP contribution in [0.3, 0.4) is 0 Å². The quantitative estimate of drug-likeness (QED) is 0.883. The van der Waals surface area contributed by atoms with Crippen molar-refractivity contribution >= 4 is 11.6 Å². The lowest BCUT2D eigenvalue weighted by Crippen LogP contribution is -2.15. The maximum atomic E-state index is 12.2. The molecule has 0 fully saturated rings. The minimum Gasteiger partial charge on any atom is -0.324 e. The standard InChI is InChI=1S/C16H18N2O/c1-11-6-5-7-13(10-11)16(19)18-15-9-4-3-8-14(15)12(2)17/h3-10,12H,17H2,1-2H3,(H,18,19). The average Bonchev–Trinajstić information content (AvgIpc) is 2.39. The molecule has 0 bridgehead atoms. The van der Waals surface area contributed by atoms with Crippen LogP contribution in [-0.4, -0.2) is 5.91 Å². The SMILES string of the molecule is Cc1cccc(C(=O)Nc2ccccc2C(C)N)c1. The van der Waals surface area contributed by atoms with E-state index in [9.17, 15) is 4.79 Å². The molecule has 0 aromatic heterocycles. The Bertz CT molecular complexity index is 591. The largest absolute Gasteiger partial charge is 0.324 e. The first-order valence-electron chi connectivity index (χ1n) is 6.30. The molecule has 1 atom stereocenters. The number of hydrogen-bond acceptors (Lipinski definition) is 2. The molecule has 3 heteroatoms. The number of amides is 1. The van der Waals surface area contributed by atoms with Crippen LogP contribution in [0.4, 0.5) is 5.69 Å². The van der Waals surface area contributed by atoms with Crippen LogP contribution in [-0.2, 0) is 0 Å². The Morgan fingerprint density at radius 2 is 1.89 bits per heavy atom. The highest BCUT2D eigenvalue weighted by molar-refractivity contribution is 6.04. The first-order chi connectivity index (χ1) is 9.08. The van der Waals surface area contributed by atoms with Gasteiger partial charge in [-0.2, -0.15) is 0 Å². The molecule has 2 rings (SSSR count). The van der Waals surface area contributed by atoms with Crippen molar-refractivity contribution in [3.63, 3.8) is 0 Å². The smallest absolute Gasteiger partial charge is 0.255 e. The number of hydrogen-bond donors (Lipinski definition) is 2. The minimum atomic E-state index is -0.117. The van der Waals surface area contributed by atoms with Crippen molar-refractivity contribution in [2.45, 2.75) is 19.9 Å². The molecular formula is C16H18N2O. The van der Waals surface area contributed by atoms with Gasteiger partial charge >= 0.3 is 0 Å². The van der Waals surface area contributed by atoms with E-state index in [1.54, 1.807) is 6.07 Å². The summed E-state index contributed by atoms with van der Waals surface area (Å²) in [6.45, 7) is 3.87. The summed E-state index contributed by atoms with van der Waals surface area (Å²) in [4.78, 5) is 12.2. The molecule has 0 saturated heterocycles. The summed E-state index contributed by atoms with van der Waals surface area (Å²) in [6.07, 6.45) is 0. The second-order valence-electron chi connectivity index (χ2n) is 4.70. The van der Waals surface area contributed by atoms with Crippen LogP contribution in [0.5, 0.6) is 0 Å². The number of nitrogens with two attached hydrogens (primary N) is 1. The zero-order valence-corrected chi connectivity index (χ0v) is 11.2. The fraction of sp³-hybridized carbons (Fsp3) is 0.188. The van der Waals surface area contributed by atoms with Gasteiger partial charge in [0, 0.05) is 17.3 Å². The number of rotatable bonds is 3. The van der Waals surface area contributed by atoms with Crippen molar-refractivity contribution in [2.24, 2.45) is 5.73 Å². The van der Waals surface area contributed by atoms with Gasteiger partial charge in [-0.25, -0.2) is 0 Å². The fourth-order valence-corrected chi connectivity index (χ4v) is 1.99. The molecule has 0 saturated carbocycles. The third-order valence-corrected chi connectivity index (χ3v) is 2.98. The zero-order valence-electron chi connectivity index (χ0n) is 11.2. The summed E-state index contributed by atoms with van der Waals surface area (Å²) < 4.78 is 0. The molecule has 1 unspecified atom stereocenters. The van der Waals surface area contributed by atoms with Crippen molar-refractivity contribution in [1.29, 1.82) is 0 Å². The Labute approximate surface area is 113 Å². The van der Waals surface area contributed by atoms with Crippen molar-refractivity contribution < 1.29 is 4.79 Å². The monoisotopic (exact) mass is 254 g/mol. The number of aryl methyl sites for hydroxylation is 1. The van der Waals surface area contributed by atoms with Crippen LogP contribution in [0.1, 0.15) is 34.5 Å². The van der Waals surface area contributed by atoms with Gasteiger partial charge in [-0.3, -0.25) is 4.79 Å². The summed E-state index contributed by atoms with van der Waals surface area (Å²) in [5.74, 6) is -0.114. The number of benzene rings is 2. The molecule has 0 spiro atoms. The van der Waals surface area contributed by atoms with Gasteiger partial charge in [-0.15, -0.1) is 0 Å². The van der Waals surface area contributed by atoms with Gasteiger partial charge < -0.3 is 11.1 Å². The van der Waals surface area contributed by atoms with Gasteiger partial charge in [-0.05, 0) is 37.6 Å². The first-order valence-corrected chi connectivity index (χ1v) is 6.30. The number of anilines is 1. The van der Waals surface area contributed by atoms with E-state index in [0.29, 0.717) is 5.56 Å². The minimum absolute atomic E-state index is 0.114. The van der Waals surface area contributed by atoms with Crippen LogP contribution in [0.15, 0.2) is 48.5 Å². The molecule has 19 heavy (non-hydrogen) atoms. The van der Waals surface area contributed by atoms with Crippen molar-refractivity contribution in [3.8, 4) is 0 Å². The Balaban J connectivity index is 2.24. The zero-order chi connectivity index (χ0) is 13.8. The Morgan fingerprint density at radius 3 is 2.58 bits per heavy atom. The van der Waals surface area contributed by atoms with Crippen LogP contribution in [0.25, 0.3) is 0 Å². The van der Waals surface area contributed by atoms with E-state index in [1.165, 1.54) is 0 Å². The van der Waals surface area contributed by atoms with E-state index in [0.717, 1.165) is 16.8 Å². The maximum Gasteiger partial charge on any atom is 0.255 e. The predicted molar refractivity (Wildman–Crippen MR) is 78.2 cm³/mol. The van der Waals surface area contributed by atoms with E-state index in [4.69, 9.17) is 5.73 Å². The Hall–Kier alpha value is -2.13. The predicted octanol–water partition coefficient (Wildman–Crippen LogP) is 3.27. The number of carbonyl (C=O) groups is 1. The number of carbonyl (C=O) groups excluding carboxylic acids is 1. The lowest BCUT2D eigenvalue weighted by atomic mass is 10.1. The summed E-state index contributed by atoms with van der Waals surface area (Å²) in [6, 6.07) is 15.0. The van der Waals surface area contributed by atoms with Gasteiger partial charge in [-0.1, -0.05) is 35.9 Å². The third kappa shape index (κ3) is 3.20. The van der Waals surface area contributed by atoms with Crippen molar-refractivity contribution in [1.82, 2.24) is 0 Å². The van der Waals surface area contributed by atoms with Gasteiger partial charge in [0.1, 0.15) is 0 Å². The second-order valence-corrected chi connectivity index (χ2v) is 4.70. The van der Waals surface area contributed by atoms with Crippen LogP contribution in [0.2, 0.25) is 0 Å². The number of nitrogens with one attached hydrogen (secondary N) is 1. The van der Waals surface area contributed by atoms with E-state index in [2.05, 4.69) is 5.32 Å². The number of para-hydroxylation sites is 1. The van der Waals surface area contributed by atoms with E-state index in [1.807, 2.05) is 56.3 Å². The normalized spacial score (nSPS) is 11.9. The molecule has 0 aliphatic carbocycles. The molecule has 0 aliphatic rings. The maximum absolute atomic E-state index is 12.2. The molecule has 0 radical (unpaired) electrons. The summed E-state index contributed by atoms with van der Waals surface area (Å²) >= 11 is 0. The van der Waals surface area contributed by atoms with Gasteiger partial charge in [0.25, 0.3) is 5.91 Å².